The van der Waals surface area contributed by atoms with Crippen molar-refractivity contribution in [3.8, 4) is 0 Å². The van der Waals surface area contributed by atoms with Crippen molar-refractivity contribution in [2.75, 3.05) is 27.9 Å². The summed E-state index contributed by atoms with van der Waals surface area (Å²) in [6.07, 6.45) is 8.08. The van der Waals surface area contributed by atoms with Crippen molar-refractivity contribution in [2.24, 2.45) is 29.6 Å². The molecule has 3 heterocycles. The largest absolute Gasteiger partial charge is 0.456 e. The molecule has 12 heteroatoms. The number of hydrogen-bond acceptors (Lipinski definition) is 11. The van der Waals surface area contributed by atoms with Crippen LogP contribution in [0.5, 0.6) is 0 Å². The number of piperidine rings is 1. The number of fused-ring (bicyclic) bond motifs is 3. The number of ether oxygens (including phenoxy) is 5. The molecule has 0 aromatic rings. The van der Waals surface area contributed by atoms with E-state index >= 15 is 0 Å². The van der Waals surface area contributed by atoms with Gasteiger partial charge in [-0.25, -0.2) is 4.79 Å². The van der Waals surface area contributed by atoms with Gasteiger partial charge in [0, 0.05) is 45.4 Å². The lowest BCUT2D eigenvalue weighted by atomic mass is 9.82. The fourth-order valence-corrected chi connectivity index (χ4v) is 9.44. The number of allylic oxidation sites excluding steroid dienone is 3. The number of esters is 1. The van der Waals surface area contributed by atoms with Gasteiger partial charge in [0.1, 0.15) is 18.2 Å². The van der Waals surface area contributed by atoms with Crippen molar-refractivity contribution in [3.63, 3.8) is 0 Å². The molecule has 312 valence electrons. The number of aliphatic hydroxyl groups is 2. The smallest absolute Gasteiger partial charge is 0.329 e. The second kappa shape index (κ2) is 20.3. The van der Waals surface area contributed by atoms with Gasteiger partial charge in [0.15, 0.2) is 0 Å². The van der Waals surface area contributed by atoms with Crippen LogP contribution in [0.3, 0.4) is 0 Å². The number of carbonyl (C=O) groups excluding carboxylic acids is 3. The van der Waals surface area contributed by atoms with E-state index in [1.165, 1.54) is 4.90 Å². The predicted octanol–water partition coefficient (Wildman–Crippen LogP) is 5.95. The van der Waals surface area contributed by atoms with Crippen LogP contribution in [0.1, 0.15) is 119 Å². The van der Waals surface area contributed by atoms with E-state index in [0.717, 1.165) is 30.4 Å². The van der Waals surface area contributed by atoms with Crippen molar-refractivity contribution in [3.05, 3.63) is 23.3 Å². The van der Waals surface area contributed by atoms with E-state index in [-0.39, 0.29) is 42.7 Å². The van der Waals surface area contributed by atoms with Gasteiger partial charge < -0.3 is 44.2 Å². The standard InChI is InChI=1S/C43H70N2O10/c1-10-31-20-25(2)19-26(3)21-36(52-8)39-37(53-9)23-29(6)43(50,55-39)40(47)41(48)45-18-12-11-13-33(45)42(49)54-38(27(4)14-16-32(31)44)28(5)22-30-15-17-34(46)35(24-30)51-7/h20,22,26-27,29-31,33-39,44,46,50H,10-19,21,23-24H2,1-9H3/b25-20+,28-22+,44-32?/t26-,27+,29+,30-,31+,33-,34+,35+,36-,37-,38-,39+,43+/m0/s1. The van der Waals surface area contributed by atoms with Crippen LogP contribution in [0.25, 0.3) is 0 Å². The zero-order valence-electron chi connectivity index (χ0n) is 34.9. The molecule has 0 spiro atoms. The minimum atomic E-state index is -2.45. The molecule has 3 N–H and O–H groups in total. The van der Waals surface area contributed by atoms with Gasteiger partial charge in [0.2, 0.25) is 5.79 Å². The van der Waals surface area contributed by atoms with Crippen molar-refractivity contribution in [1.82, 2.24) is 4.90 Å². The number of carbonyl (C=O) groups is 3. The van der Waals surface area contributed by atoms with Crippen LogP contribution in [0.15, 0.2) is 23.3 Å². The summed E-state index contributed by atoms with van der Waals surface area (Å²) in [4.78, 5) is 43.9. The minimum absolute atomic E-state index is 0.0344. The Balaban J connectivity index is 1.73. The number of nitrogens with one attached hydrogen (secondary N) is 1. The number of Topliss-reactive ketones (excluding diaryl/α,β-unsaturated/α-hetero) is 1. The van der Waals surface area contributed by atoms with Crippen molar-refractivity contribution in [1.29, 1.82) is 5.41 Å². The summed E-state index contributed by atoms with van der Waals surface area (Å²) in [5, 5.41) is 31.6. The molecule has 3 fully saturated rings. The Hall–Kier alpha value is -2.48. The Labute approximate surface area is 329 Å². The molecule has 2 bridgehead atoms. The lowest BCUT2D eigenvalue weighted by Crippen LogP contribution is -2.64. The summed E-state index contributed by atoms with van der Waals surface area (Å²) in [7, 11) is 4.74. The Morgan fingerprint density at radius 2 is 1.65 bits per heavy atom. The van der Waals surface area contributed by atoms with Gasteiger partial charge in [-0.3, -0.25) is 9.59 Å². The van der Waals surface area contributed by atoms with E-state index in [2.05, 4.69) is 32.9 Å². The van der Waals surface area contributed by atoms with E-state index < -0.39 is 65.9 Å². The Morgan fingerprint density at radius 1 is 0.982 bits per heavy atom. The fourth-order valence-electron chi connectivity index (χ4n) is 9.44. The molecule has 0 radical (unpaired) electrons. The topological polar surface area (TPSA) is 165 Å². The van der Waals surface area contributed by atoms with Gasteiger partial charge in [-0.1, -0.05) is 45.4 Å². The SMILES string of the molecule is CC[C@@H]1/C=C(\C)C[C@H](C)C[C@H](OC)[C@H]2O[C@@](O)(C(=O)C(=O)N3CCCC[C@H]3C(=O)O[C@H](/C(C)=C/[C@@H]3CC[C@@H](O)[C@H](OC)C3)[C@H](C)CCC1=N)[C@H](C)C[C@@H]2OC. The van der Waals surface area contributed by atoms with E-state index in [4.69, 9.17) is 29.1 Å². The number of nitrogens with zero attached hydrogens (tertiary/aromatic N) is 1. The summed E-state index contributed by atoms with van der Waals surface area (Å²) in [6, 6.07) is -1.02. The quantitative estimate of drug-likeness (QED) is 0.167. The average Bonchev–Trinajstić information content (AvgIpc) is 3.17. The van der Waals surface area contributed by atoms with E-state index in [1.807, 2.05) is 13.8 Å². The molecule has 1 amide bonds. The van der Waals surface area contributed by atoms with E-state index in [0.29, 0.717) is 57.1 Å². The van der Waals surface area contributed by atoms with Crippen molar-refractivity contribution >= 4 is 23.4 Å². The molecule has 1 saturated carbocycles. The molecule has 55 heavy (non-hydrogen) atoms. The second-order valence-electron chi connectivity index (χ2n) is 17.1. The zero-order valence-corrected chi connectivity index (χ0v) is 34.9. The Kier molecular flexibility index (Phi) is 16.7. The number of methoxy groups -OCH3 is 3. The maximum atomic E-state index is 14.3. The lowest BCUT2D eigenvalue weighted by Gasteiger charge is -2.47. The summed E-state index contributed by atoms with van der Waals surface area (Å²) in [6.45, 7) is 12.1. The second-order valence-corrected chi connectivity index (χ2v) is 17.1. The van der Waals surface area contributed by atoms with Gasteiger partial charge in [0.25, 0.3) is 11.7 Å². The third-order valence-electron chi connectivity index (χ3n) is 12.8. The molecule has 4 rings (SSSR count). The monoisotopic (exact) mass is 775 g/mol. The van der Waals surface area contributed by atoms with E-state index in [9.17, 15) is 24.6 Å². The van der Waals surface area contributed by atoms with Crippen LogP contribution in [-0.2, 0) is 38.1 Å². The molecule has 13 atom stereocenters. The zero-order chi connectivity index (χ0) is 40.6. The number of cyclic esters (lactones) is 1. The molecule has 3 aliphatic heterocycles. The van der Waals surface area contributed by atoms with Gasteiger partial charge in [-0.15, -0.1) is 0 Å². The maximum absolute atomic E-state index is 14.3. The molecular formula is C43H70N2O10. The van der Waals surface area contributed by atoms with Gasteiger partial charge in [0.05, 0.1) is 24.4 Å². The van der Waals surface area contributed by atoms with Crippen LogP contribution in [0.4, 0.5) is 0 Å². The highest BCUT2D eigenvalue weighted by Crippen LogP contribution is 2.39. The predicted molar refractivity (Wildman–Crippen MR) is 209 cm³/mol. The highest BCUT2D eigenvalue weighted by atomic mass is 16.7. The van der Waals surface area contributed by atoms with Crippen LogP contribution in [-0.4, -0.2) is 115 Å². The Bertz CT molecular complexity index is 1400. The maximum Gasteiger partial charge on any atom is 0.329 e. The van der Waals surface area contributed by atoms with Crippen LogP contribution >= 0.6 is 0 Å². The first kappa shape index (κ1) is 45.2. The summed E-state index contributed by atoms with van der Waals surface area (Å²) in [5.74, 6) is -5.85. The number of hydrogen-bond donors (Lipinski definition) is 3. The van der Waals surface area contributed by atoms with Crippen LogP contribution < -0.4 is 0 Å². The molecule has 0 aromatic heterocycles. The highest BCUT2D eigenvalue weighted by molar-refractivity contribution is 6.39. The highest BCUT2D eigenvalue weighted by Gasteiger charge is 2.56. The molecule has 0 aromatic carbocycles. The van der Waals surface area contributed by atoms with Crippen LogP contribution in [0, 0.1) is 35.0 Å². The van der Waals surface area contributed by atoms with Gasteiger partial charge in [-0.05, 0) is 114 Å². The van der Waals surface area contributed by atoms with Crippen LogP contribution in [0.2, 0.25) is 0 Å². The summed E-state index contributed by atoms with van der Waals surface area (Å²) < 4.78 is 30.0. The van der Waals surface area contributed by atoms with Gasteiger partial charge >= 0.3 is 5.97 Å². The third kappa shape index (κ3) is 10.9. The first-order valence-corrected chi connectivity index (χ1v) is 20.7. The molecule has 12 nitrogen and oxygen atoms in total. The van der Waals surface area contributed by atoms with Crippen molar-refractivity contribution in [2.45, 2.75) is 167 Å². The molecule has 2 saturated heterocycles. The number of ketones is 1. The normalized spacial score (nSPS) is 40.7. The summed E-state index contributed by atoms with van der Waals surface area (Å²) in [5.41, 5.74) is 2.66. The molecule has 0 unspecified atom stereocenters. The Morgan fingerprint density at radius 3 is 2.31 bits per heavy atom. The molecular weight excluding hydrogens is 704 g/mol. The lowest BCUT2D eigenvalue weighted by molar-refractivity contribution is -0.302. The minimum Gasteiger partial charge on any atom is -0.456 e. The van der Waals surface area contributed by atoms with Crippen molar-refractivity contribution < 1.29 is 48.3 Å². The first-order chi connectivity index (χ1) is 26.1. The molecule has 4 aliphatic rings. The summed E-state index contributed by atoms with van der Waals surface area (Å²) >= 11 is 0. The molecule has 1 aliphatic carbocycles. The third-order valence-corrected chi connectivity index (χ3v) is 12.8. The van der Waals surface area contributed by atoms with Gasteiger partial charge in [-0.2, -0.15) is 0 Å². The number of aliphatic hydroxyl groups excluding tert-OH is 1. The number of rotatable bonds is 6. The number of amides is 1. The average molecular weight is 775 g/mol. The van der Waals surface area contributed by atoms with E-state index in [1.54, 1.807) is 28.3 Å². The first-order valence-electron chi connectivity index (χ1n) is 20.7. The fraction of sp³-hybridized carbons (Fsp3) is 0.814.